The molecule has 2 amide bonds. The van der Waals surface area contributed by atoms with E-state index in [0.29, 0.717) is 25.2 Å². The fraction of sp³-hybridized carbons (Fsp3) is 0.364. The third kappa shape index (κ3) is 2.61. The third-order valence-electron chi connectivity index (χ3n) is 6.09. The van der Waals surface area contributed by atoms with Crippen molar-refractivity contribution in [2.75, 3.05) is 19.6 Å². The molecule has 1 spiro atoms. The first-order chi connectivity index (χ1) is 12.5. The Morgan fingerprint density at radius 3 is 2.54 bits per heavy atom. The molecule has 0 bridgehead atoms. The zero-order chi connectivity index (χ0) is 18.3. The highest BCUT2D eigenvalue weighted by molar-refractivity contribution is 5.96. The van der Waals surface area contributed by atoms with Crippen molar-refractivity contribution in [2.45, 2.75) is 26.2 Å². The van der Waals surface area contributed by atoms with Crippen LogP contribution in [0.25, 0.3) is 0 Å². The van der Waals surface area contributed by atoms with Crippen LogP contribution in [0.15, 0.2) is 48.5 Å². The fourth-order valence-electron chi connectivity index (χ4n) is 4.40. The van der Waals surface area contributed by atoms with Crippen molar-refractivity contribution in [1.82, 2.24) is 10.2 Å². The standard InChI is InChI=1S/C22H24N2O2/c1-15-8-9-18(12-16(15)2)20(25)24-13-19(17-6-4-3-5-7-17)22(14-24)10-11-23-21(22)26/h3-9,12,19H,10-11,13-14H2,1-2H3,(H,23,26)/t19-,22+/m0/s1. The van der Waals surface area contributed by atoms with Gasteiger partial charge in [-0.2, -0.15) is 0 Å². The number of carbonyl (C=O) groups excluding carboxylic acids is 2. The van der Waals surface area contributed by atoms with Crippen molar-refractivity contribution >= 4 is 11.8 Å². The Hall–Kier alpha value is -2.62. The minimum Gasteiger partial charge on any atom is -0.356 e. The smallest absolute Gasteiger partial charge is 0.253 e. The normalized spacial score (nSPS) is 24.9. The molecule has 4 nitrogen and oxygen atoms in total. The van der Waals surface area contributed by atoms with Crippen LogP contribution in [0, 0.1) is 19.3 Å². The van der Waals surface area contributed by atoms with Crippen molar-refractivity contribution < 1.29 is 9.59 Å². The van der Waals surface area contributed by atoms with Gasteiger partial charge in [-0.3, -0.25) is 9.59 Å². The van der Waals surface area contributed by atoms with Crippen molar-refractivity contribution in [1.29, 1.82) is 0 Å². The Kier molecular flexibility index (Phi) is 4.06. The first-order valence-corrected chi connectivity index (χ1v) is 9.21. The Balaban J connectivity index is 1.68. The van der Waals surface area contributed by atoms with Crippen LogP contribution >= 0.6 is 0 Å². The molecular formula is C22H24N2O2. The summed E-state index contributed by atoms with van der Waals surface area (Å²) in [4.78, 5) is 27.7. The molecule has 4 rings (SSSR count). The molecule has 0 radical (unpaired) electrons. The fourth-order valence-corrected chi connectivity index (χ4v) is 4.40. The molecule has 0 aromatic heterocycles. The van der Waals surface area contributed by atoms with Gasteiger partial charge in [0, 0.05) is 31.1 Å². The largest absolute Gasteiger partial charge is 0.356 e. The molecule has 2 saturated heterocycles. The monoisotopic (exact) mass is 348 g/mol. The second-order valence-electron chi connectivity index (χ2n) is 7.61. The lowest BCUT2D eigenvalue weighted by molar-refractivity contribution is -0.127. The molecule has 134 valence electrons. The Bertz CT molecular complexity index is 862. The topological polar surface area (TPSA) is 49.4 Å². The van der Waals surface area contributed by atoms with Gasteiger partial charge in [0.2, 0.25) is 5.91 Å². The predicted molar refractivity (Wildman–Crippen MR) is 101 cm³/mol. The van der Waals surface area contributed by atoms with E-state index < -0.39 is 5.41 Å². The molecule has 4 heteroatoms. The van der Waals surface area contributed by atoms with Crippen LogP contribution in [0.1, 0.15) is 39.4 Å². The lowest BCUT2D eigenvalue weighted by Crippen LogP contribution is -2.38. The maximum Gasteiger partial charge on any atom is 0.253 e. The highest BCUT2D eigenvalue weighted by Crippen LogP contribution is 2.47. The number of nitrogens with zero attached hydrogens (tertiary/aromatic N) is 1. The van der Waals surface area contributed by atoms with Gasteiger partial charge in [0.05, 0.1) is 5.41 Å². The molecule has 2 aromatic rings. The summed E-state index contributed by atoms with van der Waals surface area (Å²) in [7, 11) is 0. The number of aryl methyl sites for hydroxylation is 2. The summed E-state index contributed by atoms with van der Waals surface area (Å²) in [5, 5.41) is 2.99. The van der Waals surface area contributed by atoms with Crippen LogP contribution in [0.4, 0.5) is 0 Å². The highest BCUT2D eigenvalue weighted by Gasteiger charge is 2.55. The number of hydrogen-bond acceptors (Lipinski definition) is 2. The predicted octanol–water partition coefficient (Wildman–Crippen LogP) is 3.05. The summed E-state index contributed by atoms with van der Waals surface area (Å²) < 4.78 is 0. The first-order valence-electron chi connectivity index (χ1n) is 9.21. The average Bonchev–Trinajstić information content (AvgIpc) is 3.22. The van der Waals surface area contributed by atoms with Crippen LogP contribution in [0.3, 0.4) is 0 Å². The molecule has 2 heterocycles. The van der Waals surface area contributed by atoms with Crippen LogP contribution < -0.4 is 5.32 Å². The maximum absolute atomic E-state index is 13.1. The molecule has 1 N–H and O–H groups in total. The third-order valence-corrected chi connectivity index (χ3v) is 6.09. The van der Waals surface area contributed by atoms with E-state index in [0.717, 1.165) is 17.5 Å². The van der Waals surface area contributed by atoms with Crippen molar-refractivity contribution in [3.63, 3.8) is 0 Å². The van der Waals surface area contributed by atoms with Gasteiger partial charge in [-0.15, -0.1) is 0 Å². The van der Waals surface area contributed by atoms with Crippen LogP contribution in [-0.4, -0.2) is 36.3 Å². The van der Waals surface area contributed by atoms with Crippen LogP contribution in [0.5, 0.6) is 0 Å². The van der Waals surface area contributed by atoms with E-state index in [9.17, 15) is 9.59 Å². The van der Waals surface area contributed by atoms with Crippen LogP contribution in [-0.2, 0) is 4.79 Å². The lowest BCUT2D eigenvalue weighted by Gasteiger charge is -2.27. The number of hydrogen-bond donors (Lipinski definition) is 1. The number of carbonyl (C=O) groups is 2. The SMILES string of the molecule is Cc1ccc(C(=O)N2C[C@@H](c3ccccc3)[C@@]3(CCNC3=O)C2)cc1C. The van der Waals surface area contributed by atoms with Gasteiger partial charge < -0.3 is 10.2 Å². The number of likely N-dealkylation sites (tertiary alicyclic amines) is 1. The van der Waals surface area contributed by atoms with Gasteiger partial charge >= 0.3 is 0 Å². The summed E-state index contributed by atoms with van der Waals surface area (Å²) in [5.41, 5.74) is 3.63. The maximum atomic E-state index is 13.1. The van der Waals surface area contributed by atoms with E-state index in [2.05, 4.69) is 17.4 Å². The zero-order valence-corrected chi connectivity index (χ0v) is 15.3. The van der Waals surface area contributed by atoms with E-state index in [1.54, 1.807) is 0 Å². The average molecular weight is 348 g/mol. The number of amides is 2. The molecule has 2 fully saturated rings. The van der Waals surface area contributed by atoms with E-state index in [4.69, 9.17) is 0 Å². The Morgan fingerprint density at radius 1 is 1.12 bits per heavy atom. The molecule has 2 aliphatic rings. The van der Waals surface area contributed by atoms with Gasteiger partial charge in [-0.1, -0.05) is 36.4 Å². The van der Waals surface area contributed by atoms with Gasteiger partial charge in [-0.05, 0) is 49.1 Å². The zero-order valence-electron chi connectivity index (χ0n) is 15.3. The molecular weight excluding hydrogens is 324 g/mol. The summed E-state index contributed by atoms with van der Waals surface area (Å²) in [5.74, 6) is 0.147. The number of benzene rings is 2. The van der Waals surface area contributed by atoms with Crippen molar-refractivity contribution in [2.24, 2.45) is 5.41 Å². The second kappa shape index (κ2) is 6.27. The van der Waals surface area contributed by atoms with Gasteiger partial charge in [-0.25, -0.2) is 0 Å². The molecule has 0 aliphatic carbocycles. The molecule has 0 saturated carbocycles. The van der Waals surface area contributed by atoms with Crippen molar-refractivity contribution in [3.8, 4) is 0 Å². The molecule has 2 atom stereocenters. The molecule has 2 aromatic carbocycles. The molecule has 26 heavy (non-hydrogen) atoms. The quantitative estimate of drug-likeness (QED) is 0.907. The molecule has 0 unspecified atom stereocenters. The minimum atomic E-state index is -0.503. The Labute approximate surface area is 154 Å². The van der Waals surface area contributed by atoms with E-state index in [1.165, 1.54) is 5.56 Å². The summed E-state index contributed by atoms with van der Waals surface area (Å²) in [6, 6.07) is 16.0. The van der Waals surface area contributed by atoms with Gasteiger partial charge in [0.1, 0.15) is 0 Å². The minimum absolute atomic E-state index is 0.0191. The lowest BCUT2D eigenvalue weighted by atomic mass is 9.73. The first kappa shape index (κ1) is 16.8. The van der Waals surface area contributed by atoms with E-state index in [-0.39, 0.29) is 17.7 Å². The van der Waals surface area contributed by atoms with E-state index >= 15 is 0 Å². The Morgan fingerprint density at radius 2 is 1.88 bits per heavy atom. The summed E-state index contributed by atoms with van der Waals surface area (Å²) in [6.45, 7) is 5.83. The van der Waals surface area contributed by atoms with Crippen LogP contribution in [0.2, 0.25) is 0 Å². The van der Waals surface area contributed by atoms with Gasteiger partial charge in [0.15, 0.2) is 0 Å². The number of rotatable bonds is 2. The number of nitrogens with one attached hydrogen (secondary N) is 1. The molecule has 2 aliphatic heterocycles. The van der Waals surface area contributed by atoms with Gasteiger partial charge in [0.25, 0.3) is 5.91 Å². The highest BCUT2D eigenvalue weighted by atomic mass is 16.2. The second-order valence-corrected chi connectivity index (χ2v) is 7.61. The summed E-state index contributed by atoms with van der Waals surface area (Å²) >= 11 is 0. The van der Waals surface area contributed by atoms with E-state index in [1.807, 2.05) is 55.1 Å². The summed E-state index contributed by atoms with van der Waals surface area (Å²) in [6.07, 6.45) is 0.780. The van der Waals surface area contributed by atoms with Crippen molar-refractivity contribution in [3.05, 3.63) is 70.8 Å².